The lowest BCUT2D eigenvalue weighted by atomic mass is 10.0. The number of benzene rings is 2. The third-order valence-electron chi connectivity index (χ3n) is 5.72. The van der Waals surface area contributed by atoms with E-state index in [0.717, 1.165) is 35.7 Å². The Bertz CT molecular complexity index is 960. The molecule has 2 amide bonds. The highest BCUT2D eigenvalue weighted by Gasteiger charge is 2.57. The lowest BCUT2D eigenvalue weighted by molar-refractivity contribution is -0.121. The fourth-order valence-corrected chi connectivity index (χ4v) is 5.80. The Morgan fingerprint density at radius 3 is 2.89 bits per heavy atom. The molecule has 1 atom stereocenters. The van der Waals surface area contributed by atoms with Crippen molar-refractivity contribution in [3.8, 4) is 0 Å². The van der Waals surface area contributed by atoms with Crippen molar-refractivity contribution in [1.82, 2.24) is 0 Å². The van der Waals surface area contributed by atoms with Crippen molar-refractivity contribution < 1.29 is 9.59 Å². The molecule has 6 heteroatoms. The van der Waals surface area contributed by atoms with E-state index < -0.39 is 4.87 Å². The first-order valence-electron chi connectivity index (χ1n) is 9.35. The summed E-state index contributed by atoms with van der Waals surface area (Å²) < 4.78 is 0. The van der Waals surface area contributed by atoms with Gasteiger partial charge in [0.25, 0.3) is 5.91 Å². The van der Waals surface area contributed by atoms with Gasteiger partial charge in [-0.25, -0.2) is 0 Å². The maximum atomic E-state index is 13.3. The van der Waals surface area contributed by atoms with Crippen LogP contribution >= 0.6 is 11.8 Å². The molecule has 3 heterocycles. The first kappa shape index (κ1) is 16.7. The van der Waals surface area contributed by atoms with E-state index in [1.807, 2.05) is 30.3 Å². The monoisotopic (exact) mass is 379 g/mol. The van der Waals surface area contributed by atoms with E-state index in [2.05, 4.69) is 29.4 Å². The Labute approximate surface area is 162 Å². The molecule has 0 saturated carbocycles. The summed E-state index contributed by atoms with van der Waals surface area (Å²) in [4.78, 5) is 29.9. The minimum absolute atomic E-state index is 0.0228. The lowest BCUT2D eigenvalue weighted by Crippen LogP contribution is -2.49. The number of hydrogen-bond donors (Lipinski definition) is 1. The summed E-state index contributed by atoms with van der Waals surface area (Å²) in [6.45, 7) is 1.06. The minimum atomic E-state index is -0.868. The molecule has 3 aliphatic heterocycles. The van der Waals surface area contributed by atoms with Crippen LogP contribution in [0.15, 0.2) is 47.4 Å². The second kappa shape index (κ2) is 6.02. The molecule has 1 saturated heterocycles. The van der Waals surface area contributed by atoms with Gasteiger partial charge in [0.05, 0.1) is 5.69 Å². The summed E-state index contributed by atoms with van der Waals surface area (Å²) in [6.07, 6.45) is 3.09. The number of anilines is 3. The quantitative estimate of drug-likeness (QED) is 0.866. The number of nitrogens with zero attached hydrogens (tertiary/aromatic N) is 2. The molecule has 0 radical (unpaired) electrons. The van der Waals surface area contributed by atoms with E-state index >= 15 is 0 Å². The molecule has 1 N–H and O–H groups in total. The van der Waals surface area contributed by atoms with E-state index in [1.165, 1.54) is 23.0 Å². The van der Waals surface area contributed by atoms with Crippen LogP contribution < -0.4 is 15.1 Å². The molecule has 0 aromatic heterocycles. The van der Waals surface area contributed by atoms with Crippen LogP contribution in [0.1, 0.15) is 24.8 Å². The first-order valence-corrected chi connectivity index (χ1v) is 10.2. The molecule has 0 bridgehead atoms. The molecule has 3 aliphatic rings. The smallest absolute Gasteiger partial charge is 0.261 e. The molecule has 0 aliphatic carbocycles. The van der Waals surface area contributed by atoms with Crippen LogP contribution in [0.25, 0.3) is 0 Å². The Hall–Kier alpha value is -2.47. The highest BCUT2D eigenvalue weighted by molar-refractivity contribution is 8.02. The van der Waals surface area contributed by atoms with Crippen LogP contribution in [0.2, 0.25) is 0 Å². The zero-order chi connectivity index (χ0) is 18.6. The SMILES string of the molecule is CN1CCCc2cc(NC(=O)[C@@]34CCC(=O)N3c3ccccc3S4)ccc21. The van der Waals surface area contributed by atoms with Gasteiger partial charge < -0.3 is 10.2 Å². The number of thioether (sulfide) groups is 1. The Balaban J connectivity index is 1.45. The fourth-order valence-electron chi connectivity index (χ4n) is 4.39. The van der Waals surface area contributed by atoms with Crippen molar-refractivity contribution >= 4 is 40.6 Å². The maximum Gasteiger partial charge on any atom is 0.261 e. The number of aryl methyl sites for hydroxylation is 1. The van der Waals surface area contributed by atoms with Gasteiger partial charge in [-0.3, -0.25) is 14.5 Å². The molecular weight excluding hydrogens is 358 g/mol. The largest absolute Gasteiger partial charge is 0.374 e. The fraction of sp³-hybridized carbons (Fsp3) is 0.333. The van der Waals surface area contributed by atoms with E-state index in [1.54, 1.807) is 4.90 Å². The molecule has 5 nitrogen and oxygen atoms in total. The molecule has 2 aromatic rings. The van der Waals surface area contributed by atoms with Crippen LogP contribution in [0.4, 0.5) is 17.1 Å². The minimum Gasteiger partial charge on any atom is -0.374 e. The summed E-state index contributed by atoms with van der Waals surface area (Å²) in [6, 6.07) is 13.9. The van der Waals surface area contributed by atoms with Crippen molar-refractivity contribution in [1.29, 1.82) is 0 Å². The van der Waals surface area contributed by atoms with Gasteiger partial charge in [-0.05, 0) is 55.2 Å². The number of para-hydroxylation sites is 1. The number of hydrogen-bond acceptors (Lipinski definition) is 4. The van der Waals surface area contributed by atoms with Crippen LogP contribution in [0.3, 0.4) is 0 Å². The average molecular weight is 379 g/mol. The summed E-state index contributed by atoms with van der Waals surface area (Å²) in [5, 5.41) is 3.09. The molecule has 2 aromatic carbocycles. The van der Waals surface area contributed by atoms with E-state index in [-0.39, 0.29) is 11.8 Å². The van der Waals surface area contributed by atoms with Crippen LogP contribution in [0, 0.1) is 0 Å². The molecule has 0 spiro atoms. The highest BCUT2D eigenvalue weighted by Crippen LogP contribution is 2.56. The molecule has 0 unspecified atom stereocenters. The number of nitrogens with one attached hydrogen (secondary N) is 1. The van der Waals surface area contributed by atoms with Gasteiger partial charge in [-0.1, -0.05) is 23.9 Å². The van der Waals surface area contributed by atoms with E-state index in [9.17, 15) is 9.59 Å². The number of amides is 2. The summed E-state index contributed by atoms with van der Waals surface area (Å²) in [5.74, 6) is -0.0895. The first-order chi connectivity index (χ1) is 13.1. The summed E-state index contributed by atoms with van der Waals surface area (Å²) in [7, 11) is 2.10. The van der Waals surface area contributed by atoms with Gasteiger partial charge in [0.2, 0.25) is 5.91 Å². The lowest BCUT2D eigenvalue weighted by Gasteiger charge is -2.30. The van der Waals surface area contributed by atoms with Crippen LogP contribution in [-0.2, 0) is 16.0 Å². The Kier molecular flexibility index (Phi) is 3.72. The van der Waals surface area contributed by atoms with E-state index in [0.29, 0.717) is 12.8 Å². The number of fused-ring (bicyclic) bond motifs is 4. The third-order valence-corrected chi connectivity index (χ3v) is 7.19. The summed E-state index contributed by atoms with van der Waals surface area (Å²) in [5.41, 5.74) is 4.16. The van der Waals surface area contributed by atoms with Crippen molar-refractivity contribution in [3.63, 3.8) is 0 Å². The standard InChI is InChI=1S/C21H21N3O2S/c1-23-12-4-5-14-13-15(8-9-16(14)23)22-20(26)21-11-10-19(25)24(21)17-6-2-3-7-18(17)27-21/h2-3,6-9,13H,4-5,10-12H2,1H3,(H,22,26)/t21-/m0/s1. The second-order valence-corrected chi connectivity index (χ2v) is 8.73. The van der Waals surface area contributed by atoms with Crippen molar-refractivity contribution in [2.24, 2.45) is 0 Å². The highest BCUT2D eigenvalue weighted by atomic mass is 32.2. The van der Waals surface area contributed by atoms with Crippen LogP contribution in [-0.4, -0.2) is 30.3 Å². The van der Waals surface area contributed by atoms with Gasteiger partial charge in [-0.15, -0.1) is 0 Å². The van der Waals surface area contributed by atoms with Gasteiger partial charge in [0.1, 0.15) is 0 Å². The molecule has 27 heavy (non-hydrogen) atoms. The van der Waals surface area contributed by atoms with Crippen LogP contribution in [0.5, 0.6) is 0 Å². The number of carbonyl (C=O) groups excluding carboxylic acids is 2. The van der Waals surface area contributed by atoms with Crippen molar-refractivity contribution in [2.45, 2.75) is 35.4 Å². The van der Waals surface area contributed by atoms with Crippen molar-refractivity contribution in [2.75, 3.05) is 28.7 Å². The average Bonchev–Trinajstić information content (AvgIpc) is 3.18. The van der Waals surface area contributed by atoms with Gasteiger partial charge >= 0.3 is 0 Å². The predicted molar refractivity (Wildman–Crippen MR) is 108 cm³/mol. The molecular formula is C21H21N3O2S. The zero-order valence-electron chi connectivity index (χ0n) is 15.2. The summed E-state index contributed by atoms with van der Waals surface area (Å²) >= 11 is 1.50. The van der Waals surface area contributed by atoms with Gasteiger partial charge in [0, 0.05) is 36.3 Å². The topological polar surface area (TPSA) is 52.7 Å². The Morgan fingerprint density at radius 2 is 2.00 bits per heavy atom. The normalized spacial score (nSPS) is 23.1. The Morgan fingerprint density at radius 1 is 1.15 bits per heavy atom. The maximum absolute atomic E-state index is 13.3. The molecule has 138 valence electrons. The second-order valence-electron chi connectivity index (χ2n) is 7.41. The third kappa shape index (κ3) is 2.46. The molecule has 1 fully saturated rings. The number of rotatable bonds is 2. The van der Waals surface area contributed by atoms with E-state index in [4.69, 9.17) is 0 Å². The molecule has 5 rings (SSSR count). The van der Waals surface area contributed by atoms with Crippen molar-refractivity contribution in [3.05, 3.63) is 48.0 Å². The number of carbonyl (C=O) groups is 2. The zero-order valence-corrected chi connectivity index (χ0v) is 16.0. The van der Waals surface area contributed by atoms with Gasteiger partial charge in [0.15, 0.2) is 4.87 Å². The van der Waals surface area contributed by atoms with Gasteiger partial charge in [-0.2, -0.15) is 0 Å². The predicted octanol–water partition coefficient (Wildman–Crippen LogP) is 3.64.